The number of pyridine rings is 1. The van der Waals surface area contributed by atoms with Gasteiger partial charge in [0, 0.05) is 18.8 Å². The molecule has 1 fully saturated rings. The second-order valence-electron chi connectivity index (χ2n) is 4.87. The van der Waals surface area contributed by atoms with E-state index in [0.717, 1.165) is 24.8 Å². The average Bonchev–Trinajstić information content (AvgIpc) is 2.86. The largest absolute Gasteiger partial charge is 0.389 e. The first-order valence-corrected chi connectivity index (χ1v) is 5.15. The van der Waals surface area contributed by atoms with Gasteiger partial charge in [0.2, 0.25) is 0 Å². The van der Waals surface area contributed by atoms with E-state index < -0.39 is 5.60 Å². The molecular formula is C12H17NO. The van der Waals surface area contributed by atoms with Crippen molar-refractivity contribution in [1.82, 2.24) is 4.98 Å². The summed E-state index contributed by atoms with van der Waals surface area (Å²) in [6.45, 7) is 4.11. The van der Waals surface area contributed by atoms with Crippen LogP contribution >= 0.6 is 0 Å². The Kier molecular flexibility index (Phi) is 2.11. The van der Waals surface area contributed by atoms with Crippen molar-refractivity contribution in [3.8, 4) is 0 Å². The molecule has 1 aromatic rings. The molecule has 2 rings (SSSR count). The van der Waals surface area contributed by atoms with Crippen molar-refractivity contribution in [3.05, 3.63) is 30.1 Å². The molecular weight excluding hydrogens is 174 g/mol. The second kappa shape index (κ2) is 3.06. The van der Waals surface area contributed by atoms with Crippen LogP contribution in [0.3, 0.4) is 0 Å². The summed E-state index contributed by atoms with van der Waals surface area (Å²) in [6.07, 6.45) is 6.57. The van der Waals surface area contributed by atoms with Crippen molar-refractivity contribution in [2.45, 2.75) is 38.7 Å². The predicted octanol–water partition coefficient (Wildman–Crippen LogP) is 2.18. The van der Waals surface area contributed by atoms with Gasteiger partial charge in [-0.15, -0.1) is 0 Å². The minimum absolute atomic E-state index is 0.135. The normalized spacial score (nSPS) is 22.8. The van der Waals surface area contributed by atoms with Crippen LogP contribution in [-0.4, -0.2) is 15.7 Å². The van der Waals surface area contributed by atoms with Crippen molar-refractivity contribution in [3.63, 3.8) is 0 Å². The molecule has 1 N–H and O–H groups in total. The molecule has 0 bridgehead atoms. The van der Waals surface area contributed by atoms with Crippen LogP contribution in [0.15, 0.2) is 24.5 Å². The maximum atomic E-state index is 10.3. The number of rotatable bonds is 3. The fourth-order valence-electron chi connectivity index (χ4n) is 1.84. The van der Waals surface area contributed by atoms with Crippen LogP contribution in [0.25, 0.3) is 0 Å². The summed E-state index contributed by atoms with van der Waals surface area (Å²) in [5, 5.41) is 10.3. The molecule has 1 aliphatic rings. The van der Waals surface area contributed by atoms with Gasteiger partial charge < -0.3 is 5.11 Å². The molecule has 76 valence electrons. The molecule has 1 aromatic heterocycles. The number of aliphatic hydroxyl groups is 1. The molecule has 0 spiro atoms. The first kappa shape index (κ1) is 9.66. The Morgan fingerprint density at radius 3 is 2.50 bits per heavy atom. The van der Waals surface area contributed by atoms with E-state index in [9.17, 15) is 5.11 Å². The van der Waals surface area contributed by atoms with Gasteiger partial charge >= 0.3 is 0 Å². The Hall–Kier alpha value is -0.890. The highest BCUT2D eigenvalue weighted by Crippen LogP contribution is 2.54. The third kappa shape index (κ3) is 1.67. The highest BCUT2D eigenvalue weighted by molar-refractivity contribution is 5.16. The Morgan fingerprint density at radius 2 is 2.00 bits per heavy atom. The standard InChI is InChI=1S/C12H17NO/c1-11(5-6-11)12(2,14)9-10-3-7-13-8-4-10/h3-4,7-8,14H,5-6,9H2,1-2H3. The van der Waals surface area contributed by atoms with Crippen molar-refractivity contribution >= 4 is 0 Å². The number of hydrogen-bond acceptors (Lipinski definition) is 2. The van der Waals surface area contributed by atoms with Crippen LogP contribution in [0.4, 0.5) is 0 Å². The van der Waals surface area contributed by atoms with E-state index in [1.165, 1.54) is 0 Å². The highest BCUT2D eigenvalue weighted by Gasteiger charge is 2.51. The highest BCUT2D eigenvalue weighted by atomic mass is 16.3. The van der Waals surface area contributed by atoms with E-state index >= 15 is 0 Å². The second-order valence-corrected chi connectivity index (χ2v) is 4.87. The lowest BCUT2D eigenvalue weighted by atomic mass is 9.82. The summed E-state index contributed by atoms with van der Waals surface area (Å²) >= 11 is 0. The zero-order chi connectivity index (χ0) is 10.2. The van der Waals surface area contributed by atoms with Gasteiger partial charge in [-0.2, -0.15) is 0 Å². The third-order valence-corrected chi connectivity index (χ3v) is 3.60. The van der Waals surface area contributed by atoms with Gasteiger partial charge in [0.1, 0.15) is 0 Å². The topological polar surface area (TPSA) is 33.1 Å². The SMILES string of the molecule is CC(O)(Cc1ccncc1)C1(C)CC1. The molecule has 0 radical (unpaired) electrons. The molecule has 0 saturated heterocycles. The quantitative estimate of drug-likeness (QED) is 0.794. The minimum atomic E-state index is -0.575. The number of hydrogen-bond donors (Lipinski definition) is 1. The lowest BCUT2D eigenvalue weighted by Crippen LogP contribution is -2.36. The summed E-state index contributed by atoms with van der Waals surface area (Å²) < 4.78 is 0. The van der Waals surface area contributed by atoms with E-state index in [4.69, 9.17) is 0 Å². The van der Waals surface area contributed by atoms with Gasteiger partial charge in [0.05, 0.1) is 5.60 Å². The molecule has 2 nitrogen and oxygen atoms in total. The molecule has 1 aliphatic carbocycles. The smallest absolute Gasteiger partial charge is 0.0713 e. The van der Waals surface area contributed by atoms with Gasteiger partial charge in [-0.05, 0) is 42.9 Å². The molecule has 1 saturated carbocycles. The number of nitrogens with zero attached hydrogens (tertiary/aromatic N) is 1. The van der Waals surface area contributed by atoms with Gasteiger partial charge in [-0.3, -0.25) is 4.98 Å². The molecule has 1 atom stereocenters. The molecule has 0 amide bonds. The van der Waals surface area contributed by atoms with Crippen molar-refractivity contribution in [2.24, 2.45) is 5.41 Å². The summed E-state index contributed by atoms with van der Waals surface area (Å²) in [4.78, 5) is 3.97. The van der Waals surface area contributed by atoms with Crippen LogP contribution in [0.1, 0.15) is 32.3 Å². The Morgan fingerprint density at radius 1 is 1.43 bits per heavy atom. The maximum absolute atomic E-state index is 10.3. The van der Waals surface area contributed by atoms with Crippen LogP contribution in [0.2, 0.25) is 0 Å². The van der Waals surface area contributed by atoms with E-state index in [0.29, 0.717) is 0 Å². The van der Waals surface area contributed by atoms with Crippen LogP contribution < -0.4 is 0 Å². The Balaban J connectivity index is 2.11. The predicted molar refractivity (Wildman–Crippen MR) is 55.9 cm³/mol. The first-order valence-electron chi connectivity index (χ1n) is 5.15. The maximum Gasteiger partial charge on any atom is 0.0713 e. The van der Waals surface area contributed by atoms with Crippen LogP contribution in [0, 0.1) is 5.41 Å². The Labute approximate surface area is 85.0 Å². The first-order chi connectivity index (χ1) is 6.54. The molecule has 0 aromatic carbocycles. The summed E-state index contributed by atoms with van der Waals surface area (Å²) in [6, 6.07) is 3.94. The van der Waals surface area contributed by atoms with Gasteiger partial charge in [0.15, 0.2) is 0 Å². The van der Waals surface area contributed by atoms with Crippen molar-refractivity contribution in [2.75, 3.05) is 0 Å². The monoisotopic (exact) mass is 191 g/mol. The zero-order valence-corrected chi connectivity index (χ0v) is 8.83. The van der Waals surface area contributed by atoms with E-state index in [2.05, 4.69) is 11.9 Å². The summed E-state index contributed by atoms with van der Waals surface area (Å²) in [5.74, 6) is 0. The number of aromatic nitrogens is 1. The van der Waals surface area contributed by atoms with Gasteiger partial charge in [0.25, 0.3) is 0 Å². The van der Waals surface area contributed by atoms with Crippen molar-refractivity contribution < 1.29 is 5.11 Å². The minimum Gasteiger partial charge on any atom is -0.389 e. The molecule has 1 heterocycles. The molecule has 1 unspecified atom stereocenters. The lowest BCUT2D eigenvalue weighted by molar-refractivity contribution is -0.00703. The molecule has 2 heteroatoms. The van der Waals surface area contributed by atoms with Crippen LogP contribution in [0.5, 0.6) is 0 Å². The van der Waals surface area contributed by atoms with E-state index in [1.54, 1.807) is 12.4 Å². The molecule has 14 heavy (non-hydrogen) atoms. The fraction of sp³-hybridized carbons (Fsp3) is 0.583. The average molecular weight is 191 g/mol. The van der Waals surface area contributed by atoms with Crippen molar-refractivity contribution in [1.29, 1.82) is 0 Å². The summed E-state index contributed by atoms with van der Waals surface area (Å²) in [7, 11) is 0. The fourth-order valence-corrected chi connectivity index (χ4v) is 1.84. The van der Waals surface area contributed by atoms with Gasteiger partial charge in [-0.25, -0.2) is 0 Å². The molecule has 0 aliphatic heterocycles. The van der Waals surface area contributed by atoms with Crippen LogP contribution in [-0.2, 0) is 6.42 Å². The van der Waals surface area contributed by atoms with E-state index in [1.807, 2.05) is 19.1 Å². The Bertz CT molecular complexity index is 314. The lowest BCUT2D eigenvalue weighted by Gasteiger charge is -2.30. The van der Waals surface area contributed by atoms with E-state index in [-0.39, 0.29) is 5.41 Å². The van der Waals surface area contributed by atoms with Gasteiger partial charge in [-0.1, -0.05) is 6.92 Å². The third-order valence-electron chi connectivity index (χ3n) is 3.60. The summed E-state index contributed by atoms with van der Waals surface area (Å²) in [5.41, 5.74) is 0.725. The zero-order valence-electron chi connectivity index (χ0n) is 8.83.